The van der Waals surface area contributed by atoms with Crippen LogP contribution in [0.1, 0.15) is 25.3 Å². The van der Waals surface area contributed by atoms with E-state index in [1.54, 1.807) is 30.3 Å². The van der Waals surface area contributed by atoms with Gasteiger partial charge in [0.2, 0.25) is 5.91 Å². The highest BCUT2D eigenvalue weighted by molar-refractivity contribution is 9.10. The predicted molar refractivity (Wildman–Crippen MR) is 114 cm³/mol. The summed E-state index contributed by atoms with van der Waals surface area (Å²) < 4.78 is 11.3. The summed E-state index contributed by atoms with van der Waals surface area (Å²) in [5, 5.41) is 5.38. The Bertz CT molecular complexity index is 885. The number of carbonyl (C=O) groups is 3. The van der Waals surface area contributed by atoms with Gasteiger partial charge in [-0.3, -0.25) is 14.4 Å². The lowest BCUT2D eigenvalue weighted by molar-refractivity contribution is -0.147. The van der Waals surface area contributed by atoms with Crippen LogP contribution in [-0.4, -0.2) is 31.0 Å². The van der Waals surface area contributed by atoms with Crippen molar-refractivity contribution in [3.05, 3.63) is 52.5 Å². The van der Waals surface area contributed by atoms with Crippen molar-refractivity contribution in [2.24, 2.45) is 0 Å². The van der Waals surface area contributed by atoms with E-state index in [9.17, 15) is 14.4 Å². The zero-order valence-corrected chi connectivity index (χ0v) is 17.9. The summed E-state index contributed by atoms with van der Waals surface area (Å²) in [5.41, 5.74) is 2.08. The highest BCUT2D eigenvalue weighted by atomic mass is 79.9. The van der Waals surface area contributed by atoms with E-state index in [0.717, 1.165) is 10.0 Å². The SMILES string of the molecule is CCOc1ccccc1NC(=O)COC(=O)CCC(=O)Nc1ccc(Br)cc1C. The normalized spacial score (nSPS) is 10.2. The summed E-state index contributed by atoms with van der Waals surface area (Å²) in [6.07, 6.45) is -0.159. The van der Waals surface area contributed by atoms with E-state index in [1.165, 1.54) is 0 Å². The van der Waals surface area contributed by atoms with Crippen molar-refractivity contribution < 1.29 is 23.9 Å². The van der Waals surface area contributed by atoms with E-state index in [1.807, 2.05) is 26.0 Å². The summed E-state index contributed by atoms with van der Waals surface area (Å²) in [4.78, 5) is 35.8. The molecule has 0 aliphatic heterocycles. The second-order valence-electron chi connectivity index (χ2n) is 6.15. The number of benzene rings is 2. The Morgan fingerprint density at radius 2 is 1.69 bits per heavy atom. The third-order valence-corrected chi connectivity index (χ3v) is 4.34. The molecule has 2 aromatic rings. The molecule has 2 N–H and O–H groups in total. The van der Waals surface area contributed by atoms with E-state index < -0.39 is 18.5 Å². The standard InChI is InChI=1S/C21H23BrN2O5/c1-3-28-18-7-5-4-6-17(18)24-20(26)13-29-21(27)11-10-19(25)23-16-9-8-15(22)12-14(16)2/h4-9,12H,3,10-11,13H2,1-2H3,(H,23,25)(H,24,26). The number of hydrogen-bond donors (Lipinski definition) is 2. The summed E-state index contributed by atoms with van der Waals surface area (Å²) in [5.74, 6) is -0.876. The maximum Gasteiger partial charge on any atom is 0.306 e. The van der Waals surface area contributed by atoms with Gasteiger partial charge < -0.3 is 20.1 Å². The van der Waals surface area contributed by atoms with Crippen molar-refractivity contribution in [3.8, 4) is 5.75 Å². The molecule has 0 aromatic heterocycles. The van der Waals surface area contributed by atoms with Crippen molar-refractivity contribution in [2.75, 3.05) is 23.8 Å². The number of aryl methyl sites for hydroxylation is 1. The molecule has 0 saturated carbocycles. The first-order valence-electron chi connectivity index (χ1n) is 9.12. The van der Waals surface area contributed by atoms with Crippen LogP contribution in [0.4, 0.5) is 11.4 Å². The topological polar surface area (TPSA) is 93.7 Å². The molecule has 2 aromatic carbocycles. The first-order valence-corrected chi connectivity index (χ1v) is 9.91. The molecule has 154 valence electrons. The molecule has 0 atom stereocenters. The van der Waals surface area contributed by atoms with Gasteiger partial charge in [-0.1, -0.05) is 28.1 Å². The minimum absolute atomic E-state index is 0.0386. The van der Waals surface area contributed by atoms with E-state index in [2.05, 4.69) is 26.6 Å². The summed E-state index contributed by atoms with van der Waals surface area (Å²) in [6, 6.07) is 12.5. The number of hydrogen-bond acceptors (Lipinski definition) is 5. The van der Waals surface area contributed by atoms with Crippen molar-refractivity contribution in [3.63, 3.8) is 0 Å². The van der Waals surface area contributed by atoms with Gasteiger partial charge in [-0.25, -0.2) is 0 Å². The fourth-order valence-corrected chi connectivity index (χ4v) is 2.93. The average Bonchev–Trinajstić information content (AvgIpc) is 2.68. The Hall–Kier alpha value is -2.87. The van der Waals surface area contributed by atoms with E-state index in [4.69, 9.17) is 9.47 Å². The number of anilines is 2. The van der Waals surface area contributed by atoms with Crippen LogP contribution in [-0.2, 0) is 19.1 Å². The third-order valence-electron chi connectivity index (χ3n) is 3.84. The highest BCUT2D eigenvalue weighted by Gasteiger charge is 2.13. The minimum Gasteiger partial charge on any atom is -0.492 e. The first kappa shape index (κ1) is 22.4. The Labute approximate surface area is 177 Å². The molecule has 0 aliphatic rings. The molecule has 0 saturated heterocycles. The number of halogens is 1. The first-order chi connectivity index (χ1) is 13.9. The van der Waals surface area contributed by atoms with Gasteiger partial charge in [0, 0.05) is 16.6 Å². The maximum atomic E-state index is 12.0. The molecule has 0 bridgehead atoms. The zero-order chi connectivity index (χ0) is 21.2. The molecular weight excluding hydrogens is 440 g/mol. The van der Waals surface area contributed by atoms with Gasteiger partial charge in [-0.05, 0) is 49.7 Å². The van der Waals surface area contributed by atoms with Gasteiger partial charge in [0.05, 0.1) is 18.7 Å². The van der Waals surface area contributed by atoms with Crippen molar-refractivity contribution in [1.82, 2.24) is 0 Å². The Kier molecular flexibility index (Phi) is 8.67. The zero-order valence-electron chi connectivity index (χ0n) is 16.3. The van der Waals surface area contributed by atoms with Gasteiger partial charge in [0.25, 0.3) is 5.91 Å². The van der Waals surface area contributed by atoms with Gasteiger partial charge in [-0.15, -0.1) is 0 Å². The Morgan fingerprint density at radius 3 is 2.41 bits per heavy atom. The lowest BCUT2D eigenvalue weighted by atomic mass is 10.2. The molecule has 0 radical (unpaired) electrons. The number of ether oxygens (including phenoxy) is 2. The number of nitrogens with one attached hydrogen (secondary N) is 2. The van der Waals surface area contributed by atoms with Crippen molar-refractivity contribution in [2.45, 2.75) is 26.7 Å². The minimum atomic E-state index is -0.624. The van der Waals surface area contributed by atoms with Crippen LogP contribution in [0, 0.1) is 6.92 Å². The smallest absolute Gasteiger partial charge is 0.306 e. The lowest BCUT2D eigenvalue weighted by Gasteiger charge is -2.11. The second-order valence-corrected chi connectivity index (χ2v) is 7.06. The molecule has 0 heterocycles. The van der Waals surface area contributed by atoms with Crippen LogP contribution < -0.4 is 15.4 Å². The maximum absolute atomic E-state index is 12.0. The van der Waals surface area contributed by atoms with Crippen LogP contribution in [0.2, 0.25) is 0 Å². The van der Waals surface area contributed by atoms with E-state index in [0.29, 0.717) is 23.7 Å². The van der Waals surface area contributed by atoms with E-state index in [-0.39, 0.29) is 18.7 Å². The number of rotatable bonds is 9. The summed E-state index contributed by atoms with van der Waals surface area (Å²) in [6.45, 7) is 3.74. The van der Waals surface area contributed by atoms with Gasteiger partial charge in [-0.2, -0.15) is 0 Å². The molecule has 8 heteroatoms. The lowest BCUT2D eigenvalue weighted by Crippen LogP contribution is -2.22. The fourth-order valence-electron chi connectivity index (χ4n) is 2.45. The van der Waals surface area contributed by atoms with Crippen LogP contribution in [0.25, 0.3) is 0 Å². The Morgan fingerprint density at radius 1 is 0.966 bits per heavy atom. The molecule has 0 fully saturated rings. The van der Waals surface area contributed by atoms with E-state index >= 15 is 0 Å². The number of amides is 2. The average molecular weight is 463 g/mol. The highest BCUT2D eigenvalue weighted by Crippen LogP contribution is 2.23. The van der Waals surface area contributed by atoms with Crippen LogP contribution in [0.3, 0.4) is 0 Å². The molecular formula is C21H23BrN2O5. The molecule has 0 aliphatic carbocycles. The van der Waals surface area contributed by atoms with Crippen LogP contribution >= 0.6 is 15.9 Å². The third kappa shape index (κ3) is 7.57. The number of carbonyl (C=O) groups excluding carboxylic acids is 3. The Balaban J connectivity index is 1.74. The molecule has 0 unspecified atom stereocenters. The van der Waals surface area contributed by atoms with Gasteiger partial charge >= 0.3 is 5.97 Å². The summed E-state index contributed by atoms with van der Waals surface area (Å²) in [7, 11) is 0. The van der Waals surface area contributed by atoms with Crippen molar-refractivity contribution in [1.29, 1.82) is 0 Å². The molecule has 7 nitrogen and oxygen atoms in total. The predicted octanol–water partition coefficient (Wildman–Crippen LogP) is 4.06. The molecule has 2 amide bonds. The molecule has 2 rings (SSSR count). The largest absolute Gasteiger partial charge is 0.492 e. The summed E-state index contributed by atoms with van der Waals surface area (Å²) >= 11 is 3.36. The molecule has 0 spiro atoms. The van der Waals surface area contributed by atoms with Crippen molar-refractivity contribution >= 4 is 45.1 Å². The van der Waals surface area contributed by atoms with Crippen LogP contribution in [0.15, 0.2) is 46.9 Å². The monoisotopic (exact) mass is 462 g/mol. The molecule has 29 heavy (non-hydrogen) atoms. The second kappa shape index (κ2) is 11.2. The number of para-hydroxylation sites is 2. The number of esters is 1. The fraction of sp³-hybridized carbons (Fsp3) is 0.286. The van der Waals surface area contributed by atoms with Gasteiger partial charge in [0.1, 0.15) is 5.75 Å². The van der Waals surface area contributed by atoms with Crippen LogP contribution in [0.5, 0.6) is 5.75 Å². The van der Waals surface area contributed by atoms with Gasteiger partial charge in [0.15, 0.2) is 6.61 Å². The quantitative estimate of drug-likeness (QED) is 0.548.